The second-order valence-corrected chi connectivity index (χ2v) is 3.06. The van der Waals surface area contributed by atoms with Crippen molar-refractivity contribution >= 4 is 11.7 Å². The van der Waals surface area contributed by atoms with E-state index in [1.54, 1.807) is 0 Å². The number of carbonyl (C=O) groups is 1. The first-order valence-corrected chi connectivity index (χ1v) is 4.44. The number of rotatable bonds is 4. The maximum absolute atomic E-state index is 10.7. The number of carboxylic acid groups (broad SMARTS) is 1. The highest BCUT2D eigenvalue weighted by Crippen LogP contribution is 2.29. The number of nitro groups is 1. The molecule has 0 aliphatic heterocycles. The van der Waals surface area contributed by atoms with Crippen molar-refractivity contribution in [2.24, 2.45) is 0 Å². The Hall–Kier alpha value is -2.62. The number of methoxy groups -OCH3 is 1. The summed E-state index contributed by atoms with van der Waals surface area (Å²) >= 11 is 0. The van der Waals surface area contributed by atoms with Gasteiger partial charge in [-0.15, -0.1) is 0 Å². The first-order valence-electron chi connectivity index (χ1n) is 4.44. The van der Waals surface area contributed by atoms with Gasteiger partial charge in [-0.25, -0.2) is 0 Å². The van der Waals surface area contributed by atoms with Gasteiger partial charge in [0.2, 0.25) is 0 Å². The number of hydrogen-bond acceptors (Lipinski definition) is 6. The first-order chi connectivity index (χ1) is 8.01. The van der Waals surface area contributed by atoms with E-state index in [9.17, 15) is 20.0 Å². The number of hydrogen-bond donors (Lipinski definition) is 0. The summed E-state index contributed by atoms with van der Waals surface area (Å²) in [5.74, 6) is -3.17. The Morgan fingerprint density at radius 3 is 2.65 bits per heavy atom. The maximum Gasteiger partial charge on any atom is 0.274 e. The normalized spacial score (nSPS) is 11.3. The number of aliphatic carboxylic acids is 1. The van der Waals surface area contributed by atoms with Crippen molar-refractivity contribution in [2.75, 3.05) is 7.11 Å². The van der Waals surface area contributed by atoms with Crippen molar-refractivity contribution < 1.29 is 19.6 Å². The van der Waals surface area contributed by atoms with Gasteiger partial charge in [0.15, 0.2) is 0 Å². The molecule has 1 aromatic carbocycles. The predicted octanol–water partition coefficient (Wildman–Crippen LogP) is -0.0395. The van der Waals surface area contributed by atoms with Gasteiger partial charge in [0.1, 0.15) is 11.7 Å². The van der Waals surface area contributed by atoms with E-state index in [-0.39, 0.29) is 11.3 Å². The van der Waals surface area contributed by atoms with Crippen molar-refractivity contribution in [3.63, 3.8) is 0 Å². The highest BCUT2D eigenvalue weighted by molar-refractivity contribution is 5.79. The highest BCUT2D eigenvalue weighted by atomic mass is 16.6. The average molecular weight is 235 g/mol. The minimum absolute atomic E-state index is 0.229. The lowest BCUT2D eigenvalue weighted by Crippen LogP contribution is -2.29. The second-order valence-electron chi connectivity index (χ2n) is 3.06. The molecule has 88 valence electrons. The lowest BCUT2D eigenvalue weighted by molar-refractivity contribution is -0.385. The molecule has 0 aliphatic carbocycles. The lowest BCUT2D eigenvalue weighted by Gasteiger charge is -2.11. The molecule has 1 unspecified atom stereocenters. The van der Waals surface area contributed by atoms with Crippen molar-refractivity contribution in [1.29, 1.82) is 5.26 Å². The number of nitro benzene ring substituents is 1. The molecule has 1 rings (SSSR count). The van der Waals surface area contributed by atoms with Gasteiger partial charge in [0, 0.05) is 6.07 Å². The lowest BCUT2D eigenvalue weighted by atomic mass is 9.98. The molecule has 0 heterocycles. The van der Waals surface area contributed by atoms with Crippen molar-refractivity contribution in [2.45, 2.75) is 5.92 Å². The zero-order chi connectivity index (χ0) is 13.0. The number of benzene rings is 1. The van der Waals surface area contributed by atoms with Gasteiger partial charge >= 0.3 is 0 Å². The van der Waals surface area contributed by atoms with Gasteiger partial charge in [-0.1, -0.05) is 0 Å². The third-order valence-electron chi connectivity index (χ3n) is 2.11. The van der Waals surface area contributed by atoms with Crippen LogP contribution < -0.4 is 9.84 Å². The summed E-state index contributed by atoms with van der Waals surface area (Å²) in [5.41, 5.74) is -0.710. The summed E-state index contributed by atoms with van der Waals surface area (Å²) in [6.07, 6.45) is 0. The van der Waals surface area contributed by atoms with Crippen molar-refractivity contribution in [3.8, 4) is 11.8 Å². The van der Waals surface area contributed by atoms with Crippen LogP contribution in [0.25, 0.3) is 0 Å². The molecular weight excluding hydrogens is 228 g/mol. The molecule has 0 fully saturated rings. The highest BCUT2D eigenvalue weighted by Gasteiger charge is 2.23. The maximum atomic E-state index is 10.7. The Morgan fingerprint density at radius 1 is 1.59 bits per heavy atom. The van der Waals surface area contributed by atoms with E-state index >= 15 is 0 Å². The molecule has 0 amide bonds. The predicted molar refractivity (Wildman–Crippen MR) is 53.0 cm³/mol. The van der Waals surface area contributed by atoms with Gasteiger partial charge in [0.25, 0.3) is 5.69 Å². The molecule has 7 nitrogen and oxygen atoms in total. The van der Waals surface area contributed by atoms with Crippen LogP contribution in [-0.4, -0.2) is 18.0 Å². The topological polar surface area (TPSA) is 116 Å². The number of nitrogens with zero attached hydrogens (tertiary/aromatic N) is 2. The quantitative estimate of drug-likeness (QED) is 0.534. The number of carboxylic acids is 1. The van der Waals surface area contributed by atoms with Crippen LogP contribution in [0.5, 0.6) is 5.75 Å². The van der Waals surface area contributed by atoms with Crippen LogP contribution in [0.1, 0.15) is 11.5 Å². The standard InChI is InChI=1S/C10H8N2O5/c1-17-6-2-3-9(12(15)16)7(4-6)8(5-11)10(13)14/h2-4,8H,1H3,(H,13,14)/p-1. The fourth-order valence-corrected chi connectivity index (χ4v) is 1.31. The van der Waals surface area contributed by atoms with Crippen LogP contribution in [0.4, 0.5) is 5.69 Å². The molecular formula is C10H7N2O5-. The molecule has 0 aromatic heterocycles. The van der Waals surface area contributed by atoms with E-state index in [1.165, 1.54) is 19.2 Å². The Morgan fingerprint density at radius 2 is 2.24 bits per heavy atom. The summed E-state index contributed by atoms with van der Waals surface area (Å²) in [7, 11) is 1.32. The zero-order valence-electron chi connectivity index (χ0n) is 8.75. The van der Waals surface area contributed by atoms with Crippen LogP contribution in [0.2, 0.25) is 0 Å². The largest absolute Gasteiger partial charge is 0.548 e. The molecule has 0 spiro atoms. The van der Waals surface area contributed by atoms with Crippen LogP contribution in [0, 0.1) is 21.4 Å². The number of nitriles is 1. The molecule has 0 saturated carbocycles. The molecule has 1 atom stereocenters. The SMILES string of the molecule is COc1ccc([N+](=O)[O-])c(C(C#N)C(=O)[O-])c1. The van der Waals surface area contributed by atoms with E-state index in [1.807, 2.05) is 0 Å². The summed E-state index contributed by atoms with van der Waals surface area (Å²) in [4.78, 5) is 20.7. The smallest absolute Gasteiger partial charge is 0.274 e. The van der Waals surface area contributed by atoms with E-state index in [2.05, 4.69) is 0 Å². The Labute approximate surface area is 96.0 Å². The van der Waals surface area contributed by atoms with E-state index in [4.69, 9.17) is 10.00 Å². The van der Waals surface area contributed by atoms with Crippen molar-refractivity contribution in [3.05, 3.63) is 33.9 Å². The van der Waals surface area contributed by atoms with Crippen molar-refractivity contribution in [1.82, 2.24) is 0 Å². The van der Waals surface area contributed by atoms with Gasteiger partial charge in [0.05, 0.1) is 29.6 Å². The number of carbonyl (C=O) groups excluding carboxylic acids is 1. The molecule has 7 heteroatoms. The Balaban J connectivity index is 3.41. The molecule has 0 aliphatic rings. The van der Waals surface area contributed by atoms with Crippen LogP contribution in [0.3, 0.4) is 0 Å². The van der Waals surface area contributed by atoms with E-state index in [0.717, 1.165) is 12.1 Å². The minimum Gasteiger partial charge on any atom is -0.548 e. The molecule has 0 radical (unpaired) electrons. The van der Waals surface area contributed by atoms with Crippen LogP contribution in [0.15, 0.2) is 18.2 Å². The fourth-order valence-electron chi connectivity index (χ4n) is 1.31. The third kappa shape index (κ3) is 2.49. The summed E-state index contributed by atoms with van der Waals surface area (Å²) in [6, 6.07) is 4.98. The van der Waals surface area contributed by atoms with E-state index in [0.29, 0.717) is 0 Å². The second kappa shape index (κ2) is 4.94. The van der Waals surface area contributed by atoms with Crippen LogP contribution in [-0.2, 0) is 4.79 Å². The van der Waals surface area contributed by atoms with Gasteiger partial charge in [-0.2, -0.15) is 5.26 Å². The molecule has 1 aromatic rings. The molecule has 0 N–H and O–H groups in total. The van der Waals surface area contributed by atoms with Crippen LogP contribution >= 0.6 is 0 Å². The summed E-state index contributed by atoms with van der Waals surface area (Å²) in [6.45, 7) is 0. The van der Waals surface area contributed by atoms with Gasteiger partial charge in [-0.05, 0) is 12.1 Å². The summed E-state index contributed by atoms with van der Waals surface area (Å²) < 4.78 is 4.82. The Kier molecular flexibility index (Phi) is 3.62. The summed E-state index contributed by atoms with van der Waals surface area (Å²) in [5, 5.41) is 30.1. The molecule has 17 heavy (non-hydrogen) atoms. The Bertz CT molecular complexity index is 506. The third-order valence-corrected chi connectivity index (χ3v) is 2.11. The monoisotopic (exact) mass is 235 g/mol. The molecule has 0 bridgehead atoms. The molecule has 0 saturated heterocycles. The van der Waals surface area contributed by atoms with Gasteiger partial charge < -0.3 is 14.6 Å². The fraction of sp³-hybridized carbons (Fsp3) is 0.200. The van der Waals surface area contributed by atoms with Gasteiger partial charge in [-0.3, -0.25) is 10.1 Å². The average Bonchev–Trinajstić information content (AvgIpc) is 2.29. The minimum atomic E-state index is -1.70. The first kappa shape index (κ1) is 12.4. The zero-order valence-corrected chi connectivity index (χ0v) is 8.75. The van der Waals surface area contributed by atoms with E-state index < -0.39 is 22.5 Å². The number of ether oxygens (including phenoxy) is 1.